The van der Waals surface area contributed by atoms with Gasteiger partial charge < -0.3 is 9.84 Å². The Morgan fingerprint density at radius 2 is 1.96 bits per heavy atom. The van der Waals surface area contributed by atoms with Crippen LogP contribution in [0.15, 0.2) is 47.0 Å². The van der Waals surface area contributed by atoms with Crippen LogP contribution < -0.4 is 5.32 Å². The van der Waals surface area contributed by atoms with Gasteiger partial charge in [0, 0.05) is 16.7 Å². The van der Waals surface area contributed by atoms with Crippen LogP contribution in [0.3, 0.4) is 0 Å². The fourth-order valence-corrected chi connectivity index (χ4v) is 2.82. The van der Waals surface area contributed by atoms with Crippen molar-refractivity contribution in [1.82, 2.24) is 10.1 Å². The van der Waals surface area contributed by atoms with Crippen LogP contribution in [0.1, 0.15) is 5.89 Å². The predicted octanol–water partition coefficient (Wildman–Crippen LogP) is 4.54. The quantitative estimate of drug-likeness (QED) is 0.663. The van der Waals surface area contributed by atoms with Crippen molar-refractivity contribution in [2.75, 3.05) is 11.1 Å². The highest BCUT2D eigenvalue weighted by Gasteiger charge is 2.11. The van der Waals surface area contributed by atoms with Crippen LogP contribution in [0, 0.1) is 11.6 Å². The molecule has 26 heavy (non-hydrogen) atoms. The van der Waals surface area contributed by atoms with Crippen molar-refractivity contribution in [2.45, 2.75) is 5.75 Å². The molecule has 134 valence electrons. The number of carbonyl (C=O) groups excluding carboxylic acids is 1. The van der Waals surface area contributed by atoms with Gasteiger partial charge in [-0.1, -0.05) is 16.8 Å². The topological polar surface area (TPSA) is 68.0 Å². The summed E-state index contributed by atoms with van der Waals surface area (Å²) in [5.74, 6) is -0.792. The number of nitrogens with one attached hydrogen (secondary N) is 1. The van der Waals surface area contributed by atoms with Gasteiger partial charge in [0.1, 0.15) is 11.6 Å². The molecular formula is C17H12ClF2N3O2S. The average molecular weight is 396 g/mol. The molecule has 0 unspecified atom stereocenters. The van der Waals surface area contributed by atoms with Crippen molar-refractivity contribution in [1.29, 1.82) is 0 Å². The van der Waals surface area contributed by atoms with E-state index in [4.69, 9.17) is 16.1 Å². The summed E-state index contributed by atoms with van der Waals surface area (Å²) in [6, 6.07) is 9.94. The summed E-state index contributed by atoms with van der Waals surface area (Å²) in [4.78, 5) is 16.1. The molecule has 0 radical (unpaired) electrons. The Kier molecular flexibility index (Phi) is 5.85. The third-order valence-electron chi connectivity index (χ3n) is 3.23. The van der Waals surface area contributed by atoms with Crippen molar-refractivity contribution in [3.05, 3.63) is 65.0 Å². The number of rotatable bonds is 6. The van der Waals surface area contributed by atoms with Crippen LogP contribution in [0.5, 0.6) is 0 Å². The lowest BCUT2D eigenvalue weighted by Gasteiger charge is -2.05. The van der Waals surface area contributed by atoms with Crippen LogP contribution in [-0.2, 0) is 10.5 Å². The molecule has 0 atom stereocenters. The molecule has 0 saturated heterocycles. The second-order valence-electron chi connectivity index (χ2n) is 5.18. The first-order valence-corrected chi connectivity index (χ1v) is 8.96. The Bertz CT molecular complexity index is 919. The Labute approximate surface area is 156 Å². The van der Waals surface area contributed by atoms with Gasteiger partial charge in [-0.05, 0) is 36.4 Å². The van der Waals surface area contributed by atoms with Gasteiger partial charge in [0.25, 0.3) is 0 Å². The van der Waals surface area contributed by atoms with E-state index in [1.807, 2.05) is 0 Å². The Balaban J connectivity index is 1.50. The molecular weight excluding hydrogens is 384 g/mol. The first-order chi connectivity index (χ1) is 12.5. The Morgan fingerprint density at radius 1 is 1.19 bits per heavy atom. The lowest BCUT2D eigenvalue weighted by molar-refractivity contribution is -0.113. The number of thioether (sulfide) groups is 1. The fraction of sp³-hybridized carbons (Fsp3) is 0.118. The summed E-state index contributed by atoms with van der Waals surface area (Å²) in [5, 5.41) is 6.86. The van der Waals surface area contributed by atoms with Gasteiger partial charge >= 0.3 is 0 Å². The molecule has 1 N–H and O–H groups in total. The monoisotopic (exact) mass is 395 g/mol. The maximum absolute atomic E-state index is 13.5. The molecule has 0 aliphatic rings. The number of anilines is 1. The van der Waals surface area contributed by atoms with E-state index < -0.39 is 17.5 Å². The van der Waals surface area contributed by atoms with E-state index in [9.17, 15) is 13.6 Å². The number of hydrogen-bond donors (Lipinski definition) is 1. The molecule has 0 aliphatic carbocycles. The first-order valence-electron chi connectivity index (χ1n) is 7.42. The lowest BCUT2D eigenvalue weighted by Crippen LogP contribution is -2.15. The van der Waals surface area contributed by atoms with Crippen LogP contribution in [0.25, 0.3) is 11.4 Å². The van der Waals surface area contributed by atoms with E-state index in [1.54, 1.807) is 24.3 Å². The Morgan fingerprint density at radius 3 is 2.69 bits per heavy atom. The van der Waals surface area contributed by atoms with E-state index in [0.717, 1.165) is 11.6 Å². The second-order valence-corrected chi connectivity index (χ2v) is 6.61. The lowest BCUT2D eigenvalue weighted by atomic mass is 10.2. The van der Waals surface area contributed by atoms with Gasteiger partial charge in [-0.3, -0.25) is 4.79 Å². The third-order valence-corrected chi connectivity index (χ3v) is 4.40. The second kappa shape index (κ2) is 8.29. The zero-order chi connectivity index (χ0) is 18.5. The van der Waals surface area contributed by atoms with Gasteiger partial charge in [0.15, 0.2) is 0 Å². The number of nitrogens with zero attached hydrogens (tertiary/aromatic N) is 2. The molecule has 3 aromatic rings. The summed E-state index contributed by atoms with van der Waals surface area (Å²) < 4.78 is 31.5. The van der Waals surface area contributed by atoms with E-state index in [0.29, 0.717) is 28.6 Å². The highest BCUT2D eigenvalue weighted by Crippen LogP contribution is 2.20. The largest absolute Gasteiger partial charge is 0.338 e. The minimum Gasteiger partial charge on any atom is -0.338 e. The van der Waals surface area contributed by atoms with Gasteiger partial charge in [-0.15, -0.1) is 11.8 Å². The van der Waals surface area contributed by atoms with Crippen molar-refractivity contribution >= 4 is 35.0 Å². The number of benzene rings is 2. The molecule has 9 heteroatoms. The van der Waals surface area contributed by atoms with Crippen molar-refractivity contribution in [3.8, 4) is 11.4 Å². The number of halogens is 3. The summed E-state index contributed by atoms with van der Waals surface area (Å²) in [7, 11) is 0. The molecule has 0 spiro atoms. The van der Waals surface area contributed by atoms with Gasteiger partial charge in [0.2, 0.25) is 17.6 Å². The minimum absolute atomic E-state index is 0.0511. The smallest absolute Gasteiger partial charge is 0.236 e. The molecule has 0 bridgehead atoms. The highest BCUT2D eigenvalue weighted by molar-refractivity contribution is 7.99. The van der Waals surface area contributed by atoms with Crippen LogP contribution >= 0.6 is 23.4 Å². The summed E-state index contributed by atoms with van der Waals surface area (Å²) in [5.41, 5.74) is 0.693. The molecule has 0 saturated carbocycles. The van der Waals surface area contributed by atoms with Gasteiger partial charge in [-0.2, -0.15) is 4.98 Å². The van der Waals surface area contributed by atoms with E-state index in [2.05, 4.69) is 15.5 Å². The summed E-state index contributed by atoms with van der Waals surface area (Å²) in [6.45, 7) is 0. The maximum atomic E-state index is 13.5. The molecule has 1 amide bonds. The van der Waals surface area contributed by atoms with E-state index in [-0.39, 0.29) is 11.4 Å². The molecule has 5 nitrogen and oxygen atoms in total. The summed E-state index contributed by atoms with van der Waals surface area (Å²) in [6.07, 6.45) is 0. The van der Waals surface area contributed by atoms with Crippen molar-refractivity contribution < 1.29 is 18.1 Å². The third kappa shape index (κ3) is 4.80. The number of carbonyl (C=O) groups is 1. The Hall–Kier alpha value is -2.45. The first kappa shape index (κ1) is 18.3. The fourth-order valence-electron chi connectivity index (χ4n) is 2.04. The molecule has 1 heterocycles. The average Bonchev–Trinajstić information content (AvgIpc) is 3.07. The van der Waals surface area contributed by atoms with Crippen molar-refractivity contribution in [2.24, 2.45) is 0 Å². The van der Waals surface area contributed by atoms with Crippen molar-refractivity contribution in [3.63, 3.8) is 0 Å². The molecule has 0 aliphatic heterocycles. The zero-order valence-corrected chi connectivity index (χ0v) is 14.8. The summed E-state index contributed by atoms with van der Waals surface area (Å²) >= 11 is 7.06. The standard InChI is InChI=1S/C17H12ClF2N3O2S/c18-11-3-1-10(2-4-11)17-22-16(25-23-17)9-26-8-15(24)21-14-6-5-12(19)7-13(14)20/h1-7H,8-9H2,(H,21,24). The molecule has 0 fully saturated rings. The van der Waals surface area contributed by atoms with Crippen LogP contribution in [-0.4, -0.2) is 21.8 Å². The van der Waals surface area contributed by atoms with Crippen LogP contribution in [0.4, 0.5) is 14.5 Å². The zero-order valence-electron chi connectivity index (χ0n) is 13.2. The van der Waals surface area contributed by atoms with Gasteiger partial charge in [0.05, 0.1) is 17.2 Å². The normalized spacial score (nSPS) is 10.7. The highest BCUT2D eigenvalue weighted by atomic mass is 35.5. The molecule has 3 rings (SSSR count). The number of aromatic nitrogens is 2. The van der Waals surface area contributed by atoms with Crippen LogP contribution in [0.2, 0.25) is 5.02 Å². The van der Waals surface area contributed by atoms with E-state index >= 15 is 0 Å². The number of amides is 1. The maximum Gasteiger partial charge on any atom is 0.236 e. The molecule has 1 aromatic heterocycles. The van der Waals surface area contributed by atoms with E-state index in [1.165, 1.54) is 17.8 Å². The predicted molar refractivity (Wildman–Crippen MR) is 95.9 cm³/mol. The SMILES string of the molecule is O=C(CSCc1nc(-c2ccc(Cl)cc2)no1)Nc1ccc(F)cc1F. The minimum atomic E-state index is -0.826. The number of hydrogen-bond acceptors (Lipinski definition) is 5. The molecule has 2 aromatic carbocycles. The van der Waals surface area contributed by atoms with Gasteiger partial charge in [-0.25, -0.2) is 8.78 Å².